The first kappa shape index (κ1) is 49.9. The second-order valence-corrected chi connectivity index (χ2v) is 30.5. The summed E-state index contributed by atoms with van der Waals surface area (Å²) >= 11 is 0. The Balaban J connectivity index is 0.000000156. The Morgan fingerprint density at radius 2 is 1.33 bits per heavy atom. The zero-order valence-electron chi connectivity index (χ0n) is 40.5. The van der Waals surface area contributed by atoms with Crippen molar-refractivity contribution in [2.24, 2.45) is 0 Å². The Morgan fingerprint density at radius 3 is 1.79 bits per heavy atom. The van der Waals surface area contributed by atoms with E-state index in [1.165, 1.54) is 85.8 Å². The van der Waals surface area contributed by atoms with Gasteiger partial charge in [0.05, 0.1) is 0 Å². The zero-order chi connectivity index (χ0) is 47.7. The van der Waals surface area contributed by atoms with Gasteiger partial charge in [-0.25, -0.2) is 26.6 Å². The maximum absolute atomic E-state index is 13.0. The molecule has 2 aromatic carbocycles. The van der Waals surface area contributed by atoms with E-state index >= 15 is 0 Å². The second kappa shape index (κ2) is 20.9. The molecule has 4 N–H and O–H groups in total. The maximum atomic E-state index is 13.0. The van der Waals surface area contributed by atoms with Crippen LogP contribution in [0.4, 0.5) is 23.3 Å². The summed E-state index contributed by atoms with van der Waals surface area (Å²) in [5.41, 5.74) is 13.2. The molecule has 2 fully saturated rings. The molecule has 2 aliphatic heterocycles. The van der Waals surface area contributed by atoms with E-state index in [1.807, 2.05) is 14.1 Å². The van der Waals surface area contributed by atoms with Gasteiger partial charge in [0.15, 0.2) is 0 Å². The van der Waals surface area contributed by atoms with Crippen molar-refractivity contribution in [1.82, 2.24) is 49.4 Å². The molecule has 0 radical (unpaired) electrons. The van der Waals surface area contributed by atoms with Crippen LogP contribution in [-0.4, -0.2) is 142 Å². The molecule has 4 aromatic rings. The number of sulfonamides is 1. The van der Waals surface area contributed by atoms with E-state index in [2.05, 4.69) is 96.9 Å². The number of nitrogens with zero attached hydrogens (tertiary/aromatic N) is 8. The number of benzene rings is 2. The summed E-state index contributed by atoms with van der Waals surface area (Å²) < 4.78 is 58.4. The second-order valence-electron chi connectivity index (χ2n) is 20.6. The Labute approximate surface area is 403 Å². The summed E-state index contributed by atoms with van der Waals surface area (Å²) in [6, 6.07) is 6.77. The van der Waals surface area contributed by atoms with E-state index < -0.39 is 32.3 Å². The van der Waals surface area contributed by atoms with Gasteiger partial charge in [-0.15, -0.1) is 10.2 Å². The summed E-state index contributed by atoms with van der Waals surface area (Å²) in [5.74, 6) is 0.693. The van der Waals surface area contributed by atoms with Gasteiger partial charge in [-0.1, -0.05) is 31.8 Å². The highest BCUT2D eigenvalue weighted by atomic mass is 35.7. The smallest absolute Gasteiger partial charge is 0.298 e. The molecule has 2 atom stereocenters. The third-order valence-electron chi connectivity index (χ3n) is 14.2. The minimum absolute atomic E-state index is 0.0800. The average Bonchev–Trinajstić information content (AvgIpc) is 4.12. The molecule has 4 heterocycles. The molecule has 6 aliphatic rings. The highest BCUT2D eigenvalue weighted by Gasteiger charge is 2.36. The van der Waals surface area contributed by atoms with Gasteiger partial charge in [0.2, 0.25) is 11.9 Å². The minimum atomic E-state index is -4.03. The van der Waals surface area contributed by atoms with E-state index in [0.717, 1.165) is 94.1 Å². The number of ether oxygens (including phenoxy) is 1. The van der Waals surface area contributed by atoms with E-state index in [9.17, 15) is 16.8 Å². The van der Waals surface area contributed by atoms with E-state index in [0.29, 0.717) is 31.6 Å². The normalized spacial score (nSPS) is 20.1. The van der Waals surface area contributed by atoms with Gasteiger partial charge < -0.3 is 30.5 Å². The zero-order valence-corrected chi connectivity index (χ0v) is 43.9. The number of likely N-dealkylation sites (N-methyl/N-ethyl adjacent to an activating group) is 2. The van der Waals surface area contributed by atoms with Gasteiger partial charge in [-0.05, 0) is 175 Å². The lowest BCUT2D eigenvalue weighted by molar-refractivity contribution is 0.0792. The molecule has 2 unspecified atom stereocenters. The number of hydrogen-bond acceptors (Lipinski definition) is 14. The van der Waals surface area contributed by atoms with Crippen LogP contribution in [0.5, 0.6) is 0 Å². The van der Waals surface area contributed by atoms with Crippen LogP contribution in [0, 0.1) is 0 Å². The topological polar surface area (TPSA) is 196 Å². The molecule has 2 saturated heterocycles. The van der Waals surface area contributed by atoms with Crippen molar-refractivity contribution in [2.45, 2.75) is 145 Å². The van der Waals surface area contributed by atoms with Gasteiger partial charge >= 0.3 is 0 Å². The molecule has 10 rings (SSSR count). The van der Waals surface area contributed by atoms with Crippen molar-refractivity contribution in [1.29, 1.82) is 0 Å². The van der Waals surface area contributed by atoms with Crippen molar-refractivity contribution in [3.63, 3.8) is 0 Å². The Bertz CT molecular complexity index is 2560. The molecular formula is C46H71ClN12O5S2Si. The summed E-state index contributed by atoms with van der Waals surface area (Å²) in [6.07, 6.45) is 15.3. The summed E-state index contributed by atoms with van der Waals surface area (Å²) in [5, 5.41) is 20.6. The molecule has 21 heteroatoms. The molecule has 0 bridgehead atoms. The molecule has 2 aromatic heterocycles. The first-order chi connectivity index (χ1) is 31.9. The number of nitrogens with one attached hydrogen (secondary N) is 4. The molecule has 368 valence electrons. The predicted octanol–water partition coefficient (Wildman–Crippen LogP) is 6.00. The largest absolute Gasteiger partial charge is 0.359 e. The third-order valence-corrected chi connectivity index (χ3v) is 18.6. The first-order valence-corrected chi connectivity index (χ1v) is 31.6. The molecule has 0 saturated carbocycles. The molecule has 17 nitrogen and oxygen atoms in total. The fraction of sp³-hybridized carbons (Fsp3) is 0.652. The van der Waals surface area contributed by atoms with E-state index in [-0.39, 0.29) is 17.9 Å². The number of hydrogen-bond donors (Lipinski definition) is 4. The monoisotopic (exact) mass is 998 g/mol. The van der Waals surface area contributed by atoms with Crippen LogP contribution in [0.2, 0.25) is 25.7 Å². The van der Waals surface area contributed by atoms with Crippen LogP contribution in [0.3, 0.4) is 0 Å². The van der Waals surface area contributed by atoms with Gasteiger partial charge in [-0.2, -0.15) is 14.3 Å². The number of halogens is 1. The number of aromatic amines is 1. The molecular weight excluding hydrogens is 928 g/mol. The summed E-state index contributed by atoms with van der Waals surface area (Å²) in [6.45, 7) is 11.0. The fourth-order valence-corrected chi connectivity index (χ4v) is 12.9. The minimum Gasteiger partial charge on any atom is -0.359 e. The van der Waals surface area contributed by atoms with Gasteiger partial charge in [0.25, 0.3) is 29.4 Å². The Morgan fingerprint density at radius 1 is 0.776 bits per heavy atom. The lowest BCUT2D eigenvalue weighted by Crippen LogP contribution is -2.34. The van der Waals surface area contributed by atoms with Crippen LogP contribution in [0.15, 0.2) is 22.4 Å². The highest BCUT2D eigenvalue weighted by molar-refractivity contribution is 8.13. The van der Waals surface area contributed by atoms with Gasteiger partial charge in [0, 0.05) is 68.5 Å². The van der Waals surface area contributed by atoms with Crippen LogP contribution in [0.1, 0.15) is 83.0 Å². The standard InChI is InChI=1S/C20H29ClN4O3SSi.C20H28N6O2S.C6H14N2/c1-30(2,3)11-10-28-13-25-19(23-20(24-25)29(21,26)27)22-18-16-8-4-6-14(16)12-15-7-5-9-17(15)18;1-25(2)15-9-10-26(12-15)29(27,28)20-22-19(23-24-20)21-18-16-7-3-5-13(16)11-14-6-4-8-17(14)18;1-8(2)6-3-4-7-5-6/h12H,4-11,13H2,1-3H3,(H,22,23,24);11,15H,3-10,12H2,1-2H3,(H2,21,22,23,24);6-7H,3-5H2,1-2H3. The highest BCUT2D eigenvalue weighted by Crippen LogP contribution is 2.41. The summed E-state index contributed by atoms with van der Waals surface area (Å²) in [4.78, 5) is 12.9. The van der Waals surface area contributed by atoms with Crippen LogP contribution >= 0.6 is 10.7 Å². The van der Waals surface area contributed by atoms with Crippen LogP contribution < -0.4 is 16.0 Å². The number of fused-ring (bicyclic) bond motifs is 4. The maximum Gasteiger partial charge on any atom is 0.298 e. The Hall–Kier alpha value is -3.47. The Kier molecular flexibility index (Phi) is 15.5. The fourth-order valence-electron chi connectivity index (χ4n) is 10.3. The SMILES string of the molecule is CN(C)C1CCN(S(=O)(=O)c2nc(Nc3c4c(cc5c3CCC5)CCC4)n[nH]2)C1.CN(C)C1CCNC1.C[Si](C)(C)CCOCn1nc(S(=O)(=O)Cl)nc1Nc1c2c(cc3c1CCC3)CCC2. The third kappa shape index (κ3) is 11.8. The van der Waals surface area contributed by atoms with Crippen molar-refractivity contribution in [2.75, 3.05) is 71.6 Å². The van der Waals surface area contributed by atoms with Crippen molar-refractivity contribution in [3.05, 3.63) is 56.6 Å². The van der Waals surface area contributed by atoms with Crippen molar-refractivity contribution in [3.8, 4) is 0 Å². The van der Waals surface area contributed by atoms with Gasteiger partial charge in [0.1, 0.15) is 6.73 Å². The van der Waals surface area contributed by atoms with Crippen molar-refractivity contribution < 1.29 is 21.6 Å². The number of H-pyrrole nitrogens is 1. The predicted molar refractivity (Wildman–Crippen MR) is 267 cm³/mol. The molecule has 4 aliphatic carbocycles. The first-order valence-electron chi connectivity index (χ1n) is 24.2. The van der Waals surface area contributed by atoms with Crippen LogP contribution in [-0.2, 0) is 81.9 Å². The van der Waals surface area contributed by atoms with Gasteiger partial charge in [-0.3, -0.25) is 0 Å². The molecule has 67 heavy (non-hydrogen) atoms. The molecule has 0 amide bonds. The average molecular weight is 1000 g/mol. The lowest BCUT2D eigenvalue weighted by atomic mass is 9.99. The van der Waals surface area contributed by atoms with E-state index in [4.69, 9.17) is 15.4 Å². The number of aromatic nitrogens is 6. The lowest BCUT2D eigenvalue weighted by Gasteiger charge is -2.19. The quantitative estimate of drug-likeness (QED) is 0.0653. The summed E-state index contributed by atoms with van der Waals surface area (Å²) in [7, 11) is 4.84. The van der Waals surface area contributed by atoms with Crippen molar-refractivity contribution >= 4 is 61.1 Å². The van der Waals surface area contributed by atoms with Crippen LogP contribution in [0.25, 0.3) is 0 Å². The number of aryl methyl sites for hydroxylation is 4. The number of rotatable bonds is 14. The number of anilines is 4. The molecule has 0 spiro atoms. The van der Waals surface area contributed by atoms with E-state index in [1.54, 1.807) is 0 Å².